The lowest BCUT2D eigenvalue weighted by Gasteiger charge is -2.20. The van der Waals surface area contributed by atoms with Crippen LogP contribution in [-0.4, -0.2) is 28.1 Å². The first kappa shape index (κ1) is 25.7. The summed E-state index contributed by atoms with van der Waals surface area (Å²) >= 11 is 12.2. The Hall–Kier alpha value is -1.88. The number of likely N-dealkylation sites (N-methyl/N-ethyl adjacent to an activating group) is 1. The quantitative estimate of drug-likeness (QED) is 0.216. The van der Waals surface area contributed by atoms with Gasteiger partial charge in [-0.3, -0.25) is 4.90 Å². The second-order valence-corrected chi connectivity index (χ2v) is 9.41. The van der Waals surface area contributed by atoms with Gasteiger partial charge in [-0.25, -0.2) is 0 Å². The SMILES string of the molecule is CCCCCCCCc1noc(-c2ccc(CN(CC)CCc3ccc(Cl)c(Cl)c3)cc2)n1. The van der Waals surface area contributed by atoms with Gasteiger partial charge in [0, 0.05) is 25.1 Å². The second-order valence-electron chi connectivity index (χ2n) is 8.60. The van der Waals surface area contributed by atoms with Gasteiger partial charge in [0.2, 0.25) is 0 Å². The van der Waals surface area contributed by atoms with E-state index >= 15 is 0 Å². The van der Waals surface area contributed by atoms with Crippen LogP contribution in [0.15, 0.2) is 47.0 Å². The molecule has 1 heterocycles. The highest BCUT2D eigenvalue weighted by molar-refractivity contribution is 6.42. The van der Waals surface area contributed by atoms with Gasteiger partial charge in [-0.15, -0.1) is 0 Å². The summed E-state index contributed by atoms with van der Waals surface area (Å²) < 4.78 is 5.50. The molecule has 0 unspecified atom stereocenters. The second kappa shape index (κ2) is 13.7. The summed E-state index contributed by atoms with van der Waals surface area (Å²) in [5, 5.41) is 5.38. The Morgan fingerprint density at radius 3 is 2.27 bits per heavy atom. The van der Waals surface area contributed by atoms with Gasteiger partial charge >= 0.3 is 0 Å². The molecule has 3 aromatic rings. The molecule has 0 fully saturated rings. The molecule has 6 heteroatoms. The molecule has 3 rings (SSSR count). The largest absolute Gasteiger partial charge is 0.334 e. The molecule has 4 nitrogen and oxygen atoms in total. The van der Waals surface area contributed by atoms with E-state index in [2.05, 4.69) is 53.2 Å². The van der Waals surface area contributed by atoms with Crippen LogP contribution in [-0.2, 0) is 19.4 Å². The summed E-state index contributed by atoms with van der Waals surface area (Å²) in [4.78, 5) is 7.01. The molecule has 33 heavy (non-hydrogen) atoms. The van der Waals surface area contributed by atoms with Gasteiger partial charge in [0.1, 0.15) is 0 Å². The standard InChI is InChI=1S/C27H35Cl2N3O/c1-3-5-6-7-8-9-10-26-30-27(33-31-26)23-14-11-22(12-15-23)20-32(4-2)18-17-21-13-16-24(28)25(29)19-21/h11-16,19H,3-10,17-18,20H2,1-2H3. The van der Waals surface area contributed by atoms with E-state index < -0.39 is 0 Å². The van der Waals surface area contributed by atoms with Crippen LogP contribution in [0.3, 0.4) is 0 Å². The summed E-state index contributed by atoms with van der Waals surface area (Å²) in [5.74, 6) is 1.42. The fraction of sp³-hybridized carbons (Fsp3) is 0.481. The molecular formula is C27H35Cl2N3O. The summed E-state index contributed by atoms with van der Waals surface area (Å²) in [5.41, 5.74) is 3.44. The number of unbranched alkanes of at least 4 members (excludes halogenated alkanes) is 5. The molecule has 0 radical (unpaired) electrons. The van der Waals surface area contributed by atoms with Gasteiger partial charge in [0.05, 0.1) is 10.0 Å². The van der Waals surface area contributed by atoms with Gasteiger partial charge in [-0.2, -0.15) is 4.98 Å². The van der Waals surface area contributed by atoms with Crippen molar-refractivity contribution in [3.8, 4) is 11.5 Å². The number of aryl methyl sites for hydroxylation is 1. The van der Waals surface area contributed by atoms with Crippen molar-refractivity contribution in [2.45, 2.75) is 71.8 Å². The molecule has 178 valence electrons. The number of benzene rings is 2. The highest BCUT2D eigenvalue weighted by Gasteiger charge is 2.10. The van der Waals surface area contributed by atoms with Crippen LogP contribution in [0, 0.1) is 0 Å². The molecule has 0 spiro atoms. The first-order valence-electron chi connectivity index (χ1n) is 12.2. The first-order valence-corrected chi connectivity index (χ1v) is 12.9. The number of aromatic nitrogens is 2. The molecule has 0 amide bonds. The zero-order valence-corrected chi connectivity index (χ0v) is 21.3. The van der Waals surface area contributed by atoms with Crippen LogP contribution in [0.1, 0.15) is 69.3 Å². The van der Waals surface area contributed by atoms with Crippen LogP contribution in [0.2, 0.25) is 10.0 Å². The highest BCUT2D eigenvalue weighted by atomic mass is 35.5. The Balaban J connectivity index is 1.47. The maximum atomic E-state index is 6.14. The van der Waals surface area contributed by atoms with E-state index in [9.17, 15) is 0 Å². The van der Waals surface area contributed by atoms with Crippen molar-refractivity contribution in [2.24, 2.45) is 0 Å². The molecule has 0 atom stereocenters. The number of halogens is 2. The predicted molar refractivity (Wildman–Crippen MR) is 138 cm³/mol. The average molecular weight is 489 g/mol. The molecule has 0 bridgehead atoms. The average Bonchev–Trinajstić information content (AvgIpc) is 3.30. The minimum absolute atomic E-state index is 0.601. The van der Waals surface area contributed by atoms with E-state index in [4.69, 9.17) is 27.7 Å². The van der Waals surface area contributed by atoms with Crippen molar-refractivity contribution in [3.63, 3.8) is 0 Å². The van der Waals surface area contributed by atoms with Gasteiger partial charge in [0.25, 0.3) is 5.89 Å². The summed E-state index contributed by atoms with van der Waals surface area (Å²) in [7, 11) is 0. The molecular weight excluding hydrogens is 453 g/mol. The van der Waals surface area contributed by atoms with Crippen molar-refractivity contribution in [3.05, 3.63) is 69.5 Å². The van der Waals surface area contributed by atoms with E-state index in [0.29, 0.717) is 15.9 Å². The Bertz CT molecular complexity index is 972. The van der Waals surface area contributed by atoms with Crippen molar-refractivity contribution >= 4 is 23.2 Å². The molecule has 0 aliphatic rings. The third kappa shape index (κ3) is 8.44. The van der Waals surface area contributed by atoms with Crippen LogP contribution in [0.25, 0.3) is 11.5 Å². The summed E-state index contributed by atoms with van der Waals surface area (Å²) in [6.07, 6.45) is 9.41. The summed E-state index contributed by atoms with van der Waals surface area (Å²) in [6.45, 7) is 7.27. The van der Waals surface area contributed by atoms with E-state index in [1.807, 2.05) is 18.2 Å². The Kier molecular flexibility index (Phi) is 10.7. The minimum Gasteiger partial charge on any atom is -0.334 e. The van der Waals surface area contributed by atoms with Gasteiger partial charge < -0.3 is 4.52 Å². The van der Waals surface area contributed by atoms with Gasteiger partial charge in [-0.1, -0.05) is 92.5 Å². The van der Waals surface area contributed by atoms with E-state index in [1.165, 1.54) is 43.2 Å². The molecule has 0 aliphatic carbocycles. The topological polar surface area (TPSA) is 42.2 Å². The lowest BCUT2D eigenvalue weighted by atomic mass is 10.1. The molecule has 1 aromatic heterocycles. The number of hydrogen-bond donors (Lipinski definition) is 0. The third-order valence-electron chi connectivity index (χ3n) is 5.98. The van der Waals surface area contributed by atoms with Crippen molar-refractivity contribution < 1.29 is 4.52 Å². The first-order chi connectivity index (χ1) is 16.1. The zero-order chi connectivity index (χ0) is 23.5. The minimum atomic E-state index is 0.601. The smallest absolute Gasteiger partial charge is 0.257 e. The normalized spacial score (nSPS) is 11.4. The van der Waals surface area contributed by atoms with Crippen LogP contribution >= 0.6 is 23.2 Å². The number of hydrogen-bond acceptors (Lipinski definition) is 4. The Morgan fingerprint density at radius 1 is 0.818 bits per heavy atom. The van der Waals surface area contributed by atoms with E-state index in [0.717, 1.165) is 50.3 Å². The molecule has 2 aromatic carbocycles. The maximum absolute atomic E-state index is 6.14. The van der Waals surface area contributed by atoms with Crippen molar-refractivity contribution in [2.75, 3.05) is 13.1 Å². The van der Waals surface area contributed by atoms with Crippen molar-refractivity contribution in [1.82, 2.24) is 15.0 Å². The number of nitrogens with zero attached hydrogens (tertiary/aromatic N) is 3. The Morgan fingerprint density at radius 2 is 1.55 bits per heavy atom. The molecule has 0 saturated carbocycles. The fourth-order valence-electron chi connectivity index (χ4n) is 3.88. The monoisotopic (exact) mass is 487 g/mol. The lowest BCUT2D eigenvalue weighted by Crippen LogP contribution is -2.25. The molecule has 0 aliphatic heterocycles. The van der Waals surface area contributed by atoms with Gasteiger partial charge in [0.15, 0.2) is 5.82 Å². The van der Waals surface area contributed by atoms with Crippen LogP contribution in [0.5, 0.6) is 0 Å². The van der Waals surface area contributed by atoms with E-state index in [-0.39, 0.29) is 0 Å². The molecule has 0 N–H and O–H groups in total. The summed E-state index contributed by atoms with van der Waals surface area (Å²) in [6, 6.07) is 14.3. The van der Waals surface area contributed by atoms with Gasteiger partial charge in [-0.05, 0) is 54.8 Å². The lowest BCUT2D eigenvalue weighted by molar-refractivity contribution is 0.283. The molecule has 0 saturated heterocycles. The fourth-order valence-corrected chi connectivity index (χ4v) is 4.20. The highest BCUT2D eigenvalue weighted by Crippen LogP contribution is 2.23. The zero-order valence-electron chi connectivity index (χ0n) is 19.8. The van der Waals surface area contributed by atoms with Crippen molar-refractivity contribution in [1.29, 1.82) is 0 Å². The van der Waals surface area contributed by atoms with Crippen LogP contribution in [0.4, 0.5) is 0 Å². The Labute approximate surface area is 208 Å². The predicted octanol–water partition coefficient (Wildman–Crippen LogP) is 8.01. The third-order valence-corrected chi connectivity index (χ3v) is 6.72. The number of rotatable bonds is 14. The maximum Gasteiger partial charge on any atom is 0.257 e. The van der Waals surface area contributed by atoms with E-state index in [1.54, 1.807) is 0 Å². The van der Waals surface area contributed by atoms with Crippen LogP contribution < -0.4 is 0 Å².